The fraction of sp³-hybridized carbons (Fsp3) is 0.533. The Kier molecular flexibility index (Phi) is 9.80. The molecule has 3 rings (SSSR count). The van der Waals surface area contributed by atoms with Crippen molar-refractivity contribution in [3.05, 3.63) is 59.7 Å². The molecule has 0 saturated carbocycles. The summed E-state index contributed by atoms with van der Waals surface area (Å²) in [7, 11) is 0. The van der Waals surface area contributed by atoms with E-state index in [0.717, 1.165) is 50.0 Å². The van der Waals surface area contributed by atoms with Gasteiger partial charge in [-0.15, -0.1) is 0 Å². The first kappa shape index (κ1) is 27.6. The van der Waals surface area contributed by atoms with Gasteiger partial charge < -0.3 is 15.3 Å². The number of nitrogens with zero attached hydrogens (tertiary/aromatic N) is 2. The molecule has 6 nitrogen and oxygen atoms in total. The number of nitrogens with one attached hydrogen (secondary N) is 1. The average Bonchev–Trinajstić information content (AvgIpc) is 2.87. The molecule has 196 valence electrons. The van der Waals surface area contributed by atoms with E-state index in [1.54, 1.807) is 0 Å². The summed E-state index contributed by atoms with van der Waals surface area (Å²) in [5.41, 5.74) is 2.95. The largest absolute Gasteiger partial charge is 0.465 e. The molecule has 0 radical (unpaired) electrons. The summed E-state index contributed by atoms with van der Waals surface area (Å²) >= 11 is 0. The maximum atomic E-state index is 13.9. The van der Waals surface area contributed by atoms with Gasteiger partial charge in [-0.3, -0.25) is 9.69 Å². The van der Waals surface area contributed by atoms with Gasteiger partial charge in [0.25, 0.3) is 5.91 Å². The Hall–Kier alpha value is -3.02. The fourth-order valence-electron chi connectivity index (χ4n) is 5.14. The summed E-state index contributed by atoms with van der Waals surface area (Å²) in [6.07, 6.45) is 5.07. The van der Waals surface area contributed by atoms with Gasteiger partial charge in [0.15, 0.2) is 0 Å². The summed E-state index contributed by atoms with van der Waals surface area (Å²) in [5.74, 6) is -0.138. The molecule has 0 saturated heterocycles. The third-order valence-electron chi connectivity index (χ3n) is 7.18. The zero-order chi connectivity index (χ0) is 26.1. The third kappa shape index (κ3) is 6.59. The van der Waals surface area contributed by atoms with E-state index in [9.17, 15) is 14.7 Å². The lowest BCUT2D eigenvalue weighted by molar-refractivity contribution is -0.128. The van der Waals surface area contributed by atoms with Crippen LogP contribution in [0.25, 0.3) is 0 Å². The maximum Gasteiger partial charge on any atom is 0.408 e. The molecule has 1 unspecified atom stereocenters. The van der Waals surface area contributed by atoms with Crippen molar-refractivity contribution >= 4 is 23.4 Å². The molecule has 0 aliphatic heterocycles. The molecule has 2 aromatic carbocycles. The van der Waals surface area contributed by atoms with E-state index in [1.807, 2.05) is 44.2 Å². The molecule has 1 atom stereocenters. The molecule has 1 aliphatic rings. The van der Waals surface area contributed by atoms with Crippen molar-refractivity contribution in [2.75, 3.05) is 29.9 Å². The summed E-state index contributed by atoms with van der Waals surface area (Å²) in [5, 5.41) is 13.3. The maximum absolute atomic E-state index is 13.9. The Labute approximate surface area is 216 Å². The lowest BCUT2D eigenvalue weighted by atomic mass is 9.75. The molecule has 0 heterocycles. The van der Waals surface area contributed by atoms with Gasteiger partial charge in [0.05, 0.1) is 0 Å². The zero-order valence-electron chi connectivity index (χ0n) is 22.4. The van der Waals surface area contributed by atoms with Gasteiger partial charge in [-0.2, -0.15) is 0 Å². The second-order valence-corrected chi connectivity index (χ2v) is 10.5. The minimum absolute atomic E-state index is 0.111. The Morgan fingerprint density at radius 1 is 0.972 bits per heavy atom. The number of carboxylic acid groups (broad SMARTS) is 1. The van der Waals surface area contributed by atoms with Crippen LogP contribution >= 0.6 is 0 Å². The molecule has 0 spiro atoms. The van der Waals surface area contributed by atoms with E-state index in [1.165, 1.54) is 10.5 Å². The average molecular weight is 494 g/mol. The first-order valence-corrected chi connectivity index (χ1v) is 13.5. The summed E-state index contributed by atoms with van der Waals surface area (Å²) in [6, 6.07) is 16.1. The number of carbonyl (C=O) groups is 2. The van der Waals surface area contributed by atoms with Crippen molar-refractivity contribution in [3.63, 3.8) is 0 Å². The molecule has 36 heavy (non-hydrogen) atoms. The van der Waals surface area contributed by atoms with Gasteiger partial charge in [0.2, 0.25) is 0 Å². The molecular weight excluding hydrogens is 450 g/mol. The first-order valence-electron chi connectivity index (χ1n) is 13.5. The number of rotatable bonds is 12. The molecule has 0 aromatic heterocycles. The molecule has 2 N–H and O–H groups in total. The third-order valence-corrected chi connectivity index (χ3v) is 7.18. The number of aryl methyl sites for hydroxylation is 1. The van der Waals surface area contributed by atoms with E-state index in [2.05, 4.69) is 42.3 Å². The quantitative estimate of drug-likeness (QED) is 0.350. The number of hydrogen-bond acceptors (Lipinski definition) is 3. The van der Waals surface area contributed by atoms with Crippen molar-refractivity contribution in [2.45, 2.75) is 78.2 Å². The summed E-state index contributed by atoms with van der Waals surface area (Å²) in [4.78, 5) is 30.1. The van der Waals surface area contributed by atoms with Crippen LogP contribution in [0.15, 0.2) is 48.5 Å². The van der Waals surface area contributed by atoms with E-state index in [4.69, 9.17) is 0 Å². The monoisotopic (exact) mass is 493 g/mol. The molecule has 2 amide bonds. The van der Waals surface area contributed by atoms with Crippen LogP contribution in [0.4, 0.5) is 16.2 Å². The standard InChI is InChI=1S/C30H43N3O3/c1-5-7-19-32(20-8-6-2)27-15-13-26(14-16-27)31-28(34)30(33(29(35)36)22-23(3)4)18-17-24-11-9-10-12-25(24)21-30/h9-16,23H,5-8,17-22H2,1-4H3,(H,31,34)(H,35,36). The van der Waals surface area contributed by atoms with Gasteiger partial charge in [-0.25, -0.2) is 4.79 Å². The minimum Gasteiger partial charge on any atom is -0.465 e. The molecule has 0 fully saturated rings. The number of fused-ring (bicyclic) bond motifs is 1. The fourth-order valence-corrected chi connectivity index (χ4v) is 5.14. The first-order chi connectivity index (χ1) is 17.3. The Morgan fingerprint density at radius 2 is 1.58 bits per heavy atom. The number of unbranched alkanes of at least 4 members (excludes halogenated alkanes) is 2. The second-order valence-electron chi connectivity index (χ2n) is 10.5. The lowest BCUT2D eigenvalue weighted by Crippen LogP contribution is -2.62. The van der Waals surface area contributed by atoms with Crippen LogP contribution in [0.3, 0.4) is 0 Å². The molecule has 1 aliphatic carbocycles. The highest BCUT2D eigenvalue weighted by Crippen LogP contribution is 2.35. The highest BCUT2D eigenvalue weighted by atomic mass is 16.4. The summed E-state index contributed by atoms with van der Waals surface area (Å²) in [6.45, 7) is 10.7. The lowest BCUT2D eigenvalue weighted by Gasteiger charge is -2.44. The SMILES string of the molecule is CCCCN(CCCC)c1ccc(NC(=O)C2(N(CC(C)C)C(=O)O)CCc3ccccc3C2)cc1. The predicted octanol–water partition coefficient (Wildman–Crippen LogP) is 6.60. The van der Waals surface area contributed by atoms with Gasteiger partial charge >= 0.3 is 6.09 Å². The van der Waals surface area contributed by atoms with Gasteiger partial charge in [0, 0.05) is 37.4 Å². The van der Waals surface area contributed by atoms with E-state index < -0.39 is 11.6 Å². The van der Waals surface area contributed by atoms with Crippen molar-refractivity contribution in [3.8, 4) is 0 Å². The van der Waals surface area contributed by atoms with Crippen LogP contribution in [0.2, 0.25) is 0 Å². The molecular formula is C30H43N3O3. The van der Waals surface area contributed by atoms with E-state index >= 15 is 0 Å². The number of hydrogen-bond donors (Lipinski definition) is 2. The van der Waals surface area contributed by atoms with Crippen LogP contribution in [-0.4, -0.2) is 47.2 Å². The smallest absolute Gasteiger partial charge is 0.408 e. The normalized spacial score (nSPS) is 16.9. The van der Waals surface area contributed by atoms with Crippen LogP contribution in [-0.2, 0) is 17.6 Å². The highest BCUT2D eigenvalue weighted by Gasteiger charge is 2.48. The van der Waals surface area contributed by atoms with Gasteiger partial charge in [0.1, 0.15) is 5.54 Å². The number of amides is 2. The van der Waals surface area contributed by atoms with E-state index in [-0.39, 0.29) is 11.8 Å². The Bertz CT molecular complexity index is 997. The van der Waals surface area contributed by atoms with Crippen molar-refractivity contribution in [1.82, 2.24) is 4.90 Å². The van der Waals surface area contributed by atoms with Crippen LogP contribution in [0.5, 0.6) is 0 Å². The molecule has 2 aromatic rings. The van der Waals surface area contributed by atoms with Crippen LogP contribution in [0, 0.1) is 5.92 Å². The minimum atomic E-state index is -1.14. The second kappa shape index (κ2) is 12.8. The van der Waals surface area contributed by atoms with Crippen molar-refractivity contribution in [1.29, 1.82) is 0 Å². The van der Waals surface area contributed by atoms with Crippen LogP contribution in [0.1, 0.15) is 70.9 Å². The molecule has 6 heteroatoms. The molecule has 0 bridgehead atoms. The number of anilines is 2. The van der Waals surface area contributed by atoms with Crippen molar-refractivity contribution in [2.24, 2.45) is 5.92 Å². The van der Waals surface area contributed by atoms with Gasteiger partial charge in [-0.05, 0) is 67.0 Å². The summed E-state index contributed by atoms with van der Waals surface area (Å²) < 4.78 is 0. The topological polar surface area (TPSA) is 72.9 Å². The van der Waals surface area contributed by atoms with Crippen molar-refractivity contribution < 1.29 is 14.7 Å². The zero-order valence-corrected chi connectivity index (χ0v) is 22.4. The highest BCUT2D eigenvalue weighted by molar-refractivity contribution is 6.00. The van der Waals surface area contributed by atoms with E-state index in [0.29, 0.717) is 31.5 Å². The number of carbonyl (C=O) groups excluding carboxylic acids is 1. The number of benzene rings is 2. The predicted molar refractivity (Wildman–Crippen MR) is 148 cm³/mol. The van der Waals surface area contributed by atoms with Crippen LogP contribution < -0.4 is 10.2 Å². The Balaban J connectivity index is 1.86. The Morgan fingerprint density at radius 3 is 2.14 bits per heavy atom. The van der Waals surface area contributed by atoms with Gasteiger partial charge in [-0.1, -0.05) is 64.8 Å².